The average Bonchev–Trinajstić information content (AvgIpc) is 3.26. The number of rotatable bonds is 3. The molecule has 1 aromatic heterocycles. The van der Waals surface area contributed by atoms with Gasteiger partial charge in [-0.15, -0.1) is 11.3 Å². The smallest absolute Gasteiger partial charge is 0.309 e. The molecule has 0 aromatic carbocycles. The summed E-state index contributed by atoms with van der Waals surface area (Å²) in [7, 11) is 0. The van der Waals surface area contributed by atoms with Crippen LogP contribution in [0.4, 0.5) is 0 Å². The standard InChI is InChI=1S/C28H40N2O5S/c1-17-9-8-10-18(2)26(33)20(4)27(34)28(5,6)23(31)14-25(32)35-22(12-11-17)19(3)13-21-16-36-24(30-21)15-29-7/h11,13,16,18,20,22-23,26,31,33H,8-10,12,14-15H2,1-6H3/t18-,20+,22?,23?,26?/m0/s1. The highest BCUT2D eigenvalue weighted by Crippen LogP contribution is 2.32. The van der Waals surface area contributed by atoms with E-state index >= 15 is 0 Å². The molecule has 1 aromatic rings. The molecular formula is C28H40N2O5S. The lowest BCUT2D eigenvalue weighted by Gasteiger charge is -2.34. The van der Waals surface area contributed by atoms with Gasteiger partial charge in [-0.2, -0.15) is 0 Å². The van der Waals surface area contributed by atoms with E-state index in [1.165, 1.54) is 11.3 Å². The number of aliphatic hydroxyl groups is 2. The first-order valence-corrected chi connectivity index (χ1v) is 13.5. The second-order valence-corrected chi connectivity index (χ2v) is 11.5. The third kappa shape index (κ3) is 8.09. The van der Waals surface area contributed by atoms with Crippen molar-refractivity contribution in [2.45, 2.75) is 98.5 Å². The van der Waals surface area contributed by atoms with Crippen LogP contribution in [0.2, 0.25) is 0 Å². The Morgan fingerprint density at radius 3 is 2.69 bits per heavy atom. The minimum absolute atomic E-state index is 0.0636. The van der Waals surface area contributed by atoms with E-state index < -0.39 is 35.6 Å². The van der Waals surface area contributed by atoms with Crippen LogP contribution in [0, 0.1) is 23.8 Å². The maximum absolute atomic E-state index is 13.2. The van der Waals surface area contributed by atoms with E-state index in [4.69, 9.17) is 11.3 Å². The van der Waals surface area contributed by atoms with Gasteiger partial charge in [0, 0.05) is 17.7 Å². The van der Waals surface area contributed by atoms with Crippen molar-refractivity contribution in [3.63, 3.8) is 0 Å². The van der Waals surface area contributed by atoms with E-state index in [1.54, 1.807) is 20.8 Å². The minimum Gasteiger partial charge on any atom is -0.457 e. The highest BCUT2D eigenvalue weighted by molar-refractivity contribution is 7.09. The van der Waals surface area contributed by atoms with Crippen LogP contribution in [0.25, 0.3) is 10.9 Å². The number of Topliss-reactive ketones (excluding diaryl/α,β-unsaturated/α-hetero) is 1. The first kappa shape index (κ1) is 29.9. The van der Waals surface area contributed by atoms with Crippen molar-refractivity contribution in [1.82, 2.24) is 4.98 Å². The van der Waals surface area contributed by atoms with Crippen molar-refractivity contribution < 1.29 is 24.5 Å². The van der Waals surface area contributed by atoms with Gasteiger partial charge in [-0.05, 0) is 50.7 Å². The van der Waals surface area contributed by atoms with E-state index in [0.29, 0.717) is 12.1 Å². The zero-order valence-electron chi connectivity index (χ0n) is 22.3. The van der Waals surface area contributed by atoms with Gasteiger partial charge in [-0.1, -0.05) is 39.3 Å². The Morgan fingerprint density at radius 2 is 2.03 bits per heavy atom. The molecule has 1 aliphatic heterocycles. The summed E-state index contributed by atoms with van der Waals surface area (Å²) in [5.41, 5.74) is 1.47. The summed E-state index contributed by atoms with van der Waals surface area (Å²) in [4.78, 5) is 33.9. The molecule has 198 valence electrons. The van der Waals surface area contributed by atoms with Gasteiger partial charge in [-0.3, -0.25) is 9.59 Å². The molecular weight excluding hydrogens is 476 g/mol. The molecule has 2 rings (SSSR count). The summed E-state index contributed by atoms with van der Waals surface area (Å²) in [5, 5.41) is 24.2. The SMILES string of the molecule is [C-]#[N+]Cc1nc(C=C(C)C2CC=C(C)CCC[C@H](C)C(O)[C@@H](C)C(=O)C(C)(C)C(O)CC(=O)O2)cs1. The number of esters is 1. The summed E-state index contributed by atoms with van der Waals surface area (Å²) in [5.74, 6) is -1.58. The summed E-state index contributed by atoms with van der Waals surface area (Å²) in [6.45, 7) is 18.0. The quantitative estimate of drug-likeness (QED) is 0.318. The van der Waals surface area contributed by atoms with E-state index in [2.05, 4.69) is 15.9 Å². The number of nitrogens with zero attached hydrogens (tertiary/aromatic N) is 2. The van der Waals surface area contributed by atoms with E-state index in [9.17, 15) is 19.8 Å². The van der Waals surface area contributed by atoms with Gasteiger partial charge in [0.1, 0.15) is 11.9 Å². The van der Waals surface area contributed by atoms with E-state index in [0.717, 1.165) is 35.4 Å². The molecule has 0 spiro atoms. The minimum atomic E-state index is -1.24. The van der Waals surface area contributed by atoms with Crippen molar-refractivity contribution in [2.24, 2.45) is 17.3 Å². The van der Waals surface area contributed by atoms with Crippen LogP contribution in [-0.4, -0.2) is 45.3 Å². The molecule has 0 bridgehead atoms. The number of hydrogen-bond acceptors (Lipinski definition) is 7. The maximum atomic E-state index is 13.2. The molecule has 8 heteroatoms. The van der Waals surface area contributed by atoms with Crippen LogP contribution >= 0.6 is 11.3 Å². The van der Waals surface area contributed by atoms with Gasteiger partial charge in [0.2, 0.25) is 0 Å². The Morgan fingerprint density at radius 1 is 1.33 bits per heavy atom. The molecule has 0 aliphatic carbocycles. The Bertz CT molecular complexity index is 1020. The van der Waals surface area contributed by atoms with Gasteiger partial charge in [0.05, 0.1) is 29.7 Å². The normalized spacial score (nSPS) is 29.2. The van der Waals surface area contributed by atoms with E-state index in [-0.39, 0.29) is 24.7 Å². The lowest BCUT2D eigenvalue weighted by atomic mass is 9.73. The molecule has 0 amide bonds. The van der Waals surface area contributed by atoms with Crippen molar-refractivity contribution in [2.75, 3.05) is 0 Å². The number of cyclic esters (lactones) is 1. The van der Waals surface area contributed by atoms with Gasteiger partial charge in [0.15, 0.2) is 5.01 Å². The predicted molar refractivity (Wildman–Crippen MR) is 142 cm³/mol. The summed E-state index contributed by atoms with van der Waals surface area (Å²) >= 11 is 1.42. The lowest BCUT2D eigenvalue weighted by Crippen LogP contribution is -2.45. The highest BCUT2D eigenvalue weighted by Gasteiger charge is 2.42. The zero-order chi connectivity index (χ0) is 27.0. The van der Waals surface area contributed by atoms with Crippen molar-refractivity contribution in [3.05, 3.63) is 44.7 Å². The number of aromatic nitrogens is 1. The Balaban J connectivity index is 2.33. The third-order valence-corrected chi connectivity index (χ3v) is 8.04. The molecule has 2 N–H and O–H groups in total. The second kappa shape index (κ2) is 13.3. The molecule has 1 aliphatic rings. The number of aliphatic hydroxyl groups excluding tert-OH is 2. The fraction of sp³-hybridized carbons (Fsp3) is 0.643. The summed E-state index contributed by atoms with van der Waals surface area (Å²) < 4.78 is 5.81. The largest absolute Gasteiger partial charge is 0.457 e. The second-order valence-electron chi connectivity index (χ2n) is 10.6. The van der Waals surface area contributed by atoms with Gasteiger partial charge < -0.3 is 19.8 Å². The van der Waals surface area contributed by atoms with Gasteiger partial charge in [-0.25, -0.2) is 11.6 Å². The fourth-order valence-electron chi connectivity index (χ4n) is 4.49. The third-order valence-electron chi connectivity index (χ3n) is 7.19. The summed E-state index contributed by atoms with van der Waals surface area (Å²) in [6.07, 6.45) is 3.98. The molecule has 36 heavy (non-hydrogen) atoms. The molecule has 0 saturated heterocycles. The molecule has 5 atom stereocenters. The number of ether oxygens (including phenoxy) is 1. The number of thiazole rings is 1. The first-order chi connectivity index (χ1) is 16.9. The average molecular weight is 517 g/mol. The lowest BCUT2D eigenvalue weighted by molar-refractivity contribution is -0.154. The Kier molecular flexibility index (Phi) is 11.0. The fourth-order valence-corrected chi connectivity index (χ4v) is 5.16. The molecule has 0 saturated carbocycles. The zero-order valence-corrected chi connectivity index (χ0v) is 23.1. The van der Waals surface area contributed by atoms with Crippen LogP contribution in [-0.2, 0) is 20.9 Å². The monoisotopic (exact) mass is 516 g/mol. The molecule has 0 fully saturated rings. The van der Waals surface area contributed by atoms with E-state index in [1.807, 2.05) is 32.2 Å². The molecule has 3 unspecified atom stereocenters. The van der Waals surface area contributed by atoms with Gasteiger partial charge >= 0.3 is 5.97 Å². The predicted octanol–water partition coefficient (Wildman–Crippen LogP) is 5.38. The van der Waals surface area contributed by atoms with Crippen molar-refractivity contribution in [1.29, 1.82) is 0 Å². The first-order valence-electron chi connectivity index (χ1n) is 12.6. The van der Waals surface area contributed by atoms with Gasteiger partial charge in [0.25, 0.3) is 6.54 Å². The Labute approximate surface area is 219 Å². The Hall–Kier alpha value is -2.34. The number of carbonyl (C=O) groups is 2. The maximum Gasteiger partial charge on any atom is 0.309 e. The molecule has 7 nitrogen and oxygen atoms in total. The van der Waals surface area contributed by atoms with Crippen molar-refractivity contribution in [3.8, 4) is 0 Å². The van der Waals surface area contributed by atoms with Crippen molar-refractivity contribution >= 4 is 29.2 Å². The van der Waals surface area contributed by atoms with Crippen LogP contribution in [0.3, 0.4) is 0 Å². The highest BCUT2D eigenvalue weighted by atomic mass is 32.1. The van der Waals surface area contributed by atoms with Crippen LogP contribution in [0.5, 0.6) is 0 Å². The summed E-state index contributed by atoms with van der Waals surface area (Å²) in [6, 6.07) is 0. The topological polar surface area (TPSA) is 101 Å². The van der Waals surface area contributed by atoms with Crippen LogP contribution in [0.15, 0.2) is 22.6 Å². The number of allylic oxidation sites excluding steroid dienone is 1. The molecule has 0 radical (unpaired) electrons. The number of carbonyl (C=O) groups excluding carboxylic acids is 2. The van der Waals surface area contributed by atoms with Crippen LogP contribution < -0.4 is 0 Å². The molecule has 2 heterocycles. The van der Waals surface area contributed by atoms with Crippen LogP contribution in [0.1, 0.15) is 84.3 Å². The number of hydrogen-bond donors (Lipinski definition) is 2. The number of ketones is 1.